The monoisotopic (exact) mass is 152 g/mol. The minimum absolute atomic E-state index is 0.593. The maximum atomic E-state index is 5.01. The van der Waals surface area contributed by atoms with Gasteiger partial charge in [0.15, 0.2) is 5.01 Å². The fraction of sp³-hybridized carbons (Fsp3) is 0. The second-order valence-corrected chi connectivity index (χ2v) is 2.57. The van der Waals surface area contributed by atoms with Crippen molar-refractivity contribution >= 4 is 11.3 Å². The molecule has 0 amide bonds. The van der Waals surface area contributed by atoms with Crippen molar-refractivity contribution in [3.8, 4) is 10.9 Å². The zero-order valence-electron chi connectivity index (χ0n) is 5.02. The Labute approximate surface area is 61.4 Å². The lowest BCUT2D eigenvalue weighted by Gasteiger charge is -1.81. The van der Waals surface area contributed by atoms with E-state index < -0.39 is 0 Å². The molecule has 0 spiro atoms. The Bertz CT molecular complexity index is 255. The van der Waals surface area contributed by atoms with Gasteiger partial charge in [0.2, 0.25) is 0 Å². The average Bonchev–Trinajstić information content (AvgIpc) is 2.59. The van der Waals surface area contributed by atoms with E-state index in [2.05, 4.69) is 9.97 Å². The normalized spacial score (nSPS) is 10.0. The lowest BCUT2D eigenvalue weighted by molar-refractivity contribution is 0.574. The molecular formula is C6H4N2OS. The van der Waals surface area contributed by atoms with E-state index in [0.29, 0.717) is 5.89 Å². The molecule has 0 aliphatic carbocycles. The summed E-state index contributed by atoms with van der Waals surface area (Å²) in [5, 5.41) is 2.71. The first-order valence-corrected chi connectivity index (χ1v) is 3.64. The summed E-state index contributed by atoms with van der Waals surface area (Å²) in [5.41, 5.74) is 0. The first-order chi connectivity index (χ1) is 4.97. The van der Waals surface area contributed by atoms with Crippen LogP contribution in [0.2, 0.25) is 0 Å². The molecule has 2 aromatic rings. The van der Waals surface area contributed by atoms with Crippen LogP contribution >= 0.6 is 11.3 Å². The van der Waals surface area contributed by atoms with Crippen molar-refractivity contribution in [1.29, 1.82) is 0 Å². The predicted molar refractivity (Wildman–Crippen MR) is 37.6 cm³/mol. The molecule has 4 heteroatoms. The lowest BCUT2D eigenvalue weighted by atomic mass is 10.7. The molecular weight excluding hydrogens is 148 g/mol. The van der Waals surface area contributed by atoms with Crippen LogP contribution in [0.15, 0.2) is 28.5 Å². The van der Waals surface area contributed by atoms with E-state index in [-0.39, 0.29) is 0 Å². The van der Waals surface area contributed by atoms with E-state index in [4.69, 9.17) is 4.42 Å². The molecule has 2 heterocycles. The Morgan fingerprint density at radius 3 is 2.90 bits per heavy atom. The van der Waals surface area contributed by atoms with Gasteiger partial charge in [-0.05, 0) is 0 Å². The quantitative estimate of drug-likeness (QED) is 0.625. The molecule has 0 aliphatic heterocycles. The highest BCUT2D eigenvalue weighted by Gasteiger charge is 2.02. The molecule has 50 valence electrons. The van der Waals surface area contributed by atoms with E-state index >= 15 is 0 Å². The van der Waals surface area contributed by atoms with Gasteiger partial charge in [-0.2, -0.15) is 0 Å². The van der Waals surface area contributed by atoms with E-state index in [1.54, 1.807) is 12.4 Å². The van der Waals surface area contributed by atoms with E-state index in [0.717, 1.165) is 5.01 Å². The molecule has 0 aliphatic rings. The maximum absolute atomic E-state index is 5.01. The van der Waals surface area contributed by atoms with Crippen molar-refractivity contribution in [3.63, 3.8) is 0 Å². The van der Waals surface area contributed by atoms with Crippen LogP contribution < -0.4 is 0 Å². The Kier molecular flexibility index (Phi) is 1.25. The summed E-state index contributed by atoms with van der Waals surface area (Å²) >= 11 is 1.51. The summed E-state index contributed by atoms with van der Waals surface area (Å²) in [6.45, 7) is 0. The molecule has 3 nitrogen and oxygen atoms in total. The summed E-state index contributed by atoms with van der Waals surface area (Å²) in [7, 11) is 0. The highest BCUT2D eigenvalue weighted by Crippen LogP contribution is 2.18. The van der Waals surface area contributed by atoms with Crippen LogP contribution in [0.4, 0.5) is 0 Å². The van der Waals surface area contributed by atoms with Gasteiger partial charge in [0.1, 0.15) is 6.26 Å². The summed E-state index contributed by atoms with van der Waals surface area (Å²) in [4.78, 5) is 7.96. The van der Waals surface area contributed by atoms with Gasteiger partial charge in [-0.15, -0.1) is 11.3 Å². The van der Waals surface area contributed by atoms with Crippen molar-refractivity contribution < 1.29 is 4.42 Å². The molecule has 0 atom stereocenters. The van der Waals surface area contributed by atoms with Crippen LogP contribution in [-0.4, -0.2) is 9.97 Å². The number of aromatic nitrogens is 2. The third kappa shape index (κ3) is 0.823. The van der Waals surface area contributed by atoms with E-state index in [1.807, 2.05) is 5.38 Å². The maximum Gasteiger partial charge on any atom is 0.255 e. The van der Waals surface area contributed by atoms with Crippen LogP contribution in [0, 0.1) is 0 Å². The van der Waals surface area contributed by atoms with Gasteiger partial charge >= 0.3 is 0 Å². The summed E-state index contributed by atoms with van der Waals surface area (Å²) < 4.78 is 5.01. The van der Waals surface area contributed by atoms with Crippen molar-refractivity contribution in [2.24, 2.45) is 0 Å². The SMILES string of the molecule is c1coc(-c2nccs2)n1. The Hall–Kier alpha value is -1.16. The van der Waals surface area contributed by atoms with Gasteiger partial charge in [-0.1, -0.05) is 0 Å². The van der Waals surface area contributed by atoms with Gasteiger partial charge in [-0.3, -0.25) is 0 Å². The summed E-state index contributed by atoms with van der Waals surface area (Å²) in [6.07, 6.45) is 4.87. The minimum Gasteiger partial charge on any atom is -0.443 e. The zero-order valence-corrected chi connectivity index (χ0v) is 5.84. The number of rotatable bonds is 1. The third-order valence-corrected chi connectivity index (χ3v) is 1.81. The predicted octanol–water partition coefficient (Wildman–Crippen LogP) is 1.80. The van der Waals surface area contributed by atoms with Crippen LogP contribution in [0.25, 0.3) is 10.9 Å². The van der Waals surface area contributed by atoms with E-state index in [9.17, 15) is 0 Å². The zero-order chi connectivity index (χ0) is 6.81. The van der Waals surface area contributed by atoms with Crippen LogP contribution in [0.1, 0.15) is 0 Å². The summed E-state index contributed by atoms with van der Waals surface area (Å²) in [6, 6.07) is 0. The molecule has 0 fully saturated rings. The molecule has 0 N–H and O–H groups in total. The molecule has 0 saturated heterocycles. The molecule has 10 heavy (non-hydrogen) atoms. The van der Waals surface area contributed by atoms with Crippen molar-refractivity contribution in [1.82, 2.24) is 9.97 Å². The first-order valence-electron chi connectivity index (χ1n) is 2.76. The molecule has 0 aromatic carbocycles. The van der Waals surface area contributed by atoms with Crippen molar-refractivity contribution in [2.75, 3.05) is 0 Å². The Morgan fingerprint density at radius 2 is 2.30 bits per heavy atom. The largest absolute Gasteiger partial charge is 0.443 e. The third-order valence-electron chi connectivity index (χ3n) is 1.05. The van der Waals surface area contributed by atoms with Gasteiger partial charge in [0, 0.05) is 11.6 Å². The van der Waals surface area contributed by atoms with Gasteiger partial charge in [-0.25, -0.2) is 9.97 Å². The van der Waals surface area contributed by atoms with Gasteiger partial charge in [0.05, 0.1) is 6.20 Å². The number of nitrogens with zero attached hydrogens (tertiary/aromatic N) is 2. The molecule has 0 saturated carbocycles. The van der Waals surface area contributed by atoms with Crippen LogP contribution in [0.3, 0.4) is 0 Å². The molecule has 0 radical (unpaired) electrons. The Balaban J connectivity index is 2.48. The smallest absolute Gasteiger partial charge is 0.255 e. The topological polar surface area (TPSA) is 38.9 Å². The second-order valence-electron chi connectivity index (χ2n) is 1.67. The number of thiazole rings is 1. The lowest BCUT2D eigenvalue weighted by Crippen LogP contribution is -1.70. The van der Waals surface area contributed by atoms with Gasteiger partial charge in [0.25, 0.3) is 5.89 Å². The summed E-state index contributed by atoms with van der Waals surface area (Å²) in [5.74, 6) is 0.593. The van der Waals surface area contributed by atoms with Crippen molar-refractivity contribution in [3.05, 3.63) is 24.0 Å². The number of hydrogen-bond donors (Lipinski definition) is 0. The highest BCUT2D eigenvalue weighted by molar-refractivity contribution is 7.12. The van der Waals surface area contributed by atoms with Crippen molar-refractivity contribution in [2.45, 2.75) is 0 Å². The molecule has 2 rings (SSSR count). The molecule has 0 unspecified atom stereocenters. The molecule has 2 aromatic heterocycles. The number of oxazole rings is 1. The van der Waals surface area contributed by atoms with Crippen LogP contribution in [-0.2, 0) is 0 Å². The van der Waals surface area contributed by atoms with Gasteiger partial charge < -0.3 is 4.42 Å². The fourth-order valence-corrected chi connectivity index (χ4v) is 1.23. The average molecular weight is 152 g/mol. The standard InChI is InChI=1S/C6H4N2OS/c1-3-9-5(7-1)6-8-2-4-10-6/h1-4H. The highest BCUT2D eigenvalue weighted by atomic mass is 32.1. The Morgan fingerprint density at radius 1 is 1.30 bits per heavy atom. The molecule has 0 bridgehead atoms. The second kappa shape index (κ2) is 2.22. The first kappa shape index (κ1) is 5.61. The van der Waals surface area contributed by atoms with E-state index in [1.165, 1.54) is 17.6 Å². The number of hydrogen-bond acceptors (Lipinski definition) is 4. The van der Waals surface area contributed by atoms with Crippen LogP contribution in [0.5, 0.6) is 0 Å². The fourth-order valence-electron chi connectivity index (χ4n) is 0.658. The minimum atomic E-state index is 0.593.